The number of pyridine rings is 1. The smallest absolute Gasteiger partial charge is 0.256 e. The van der Waals surface area contributed by atoms with Crippen LogP contribution < -0.4 is 0 Å². The average molecular weight is 221 g/mol. The number of rotatable bonds is 2. The standard InChI is InChI=1S/C8H4ClF3N2/c9-1-6-7(10)4(2-13)5(3-14-6)8(11)12/h3,8H,1H2. The van der Waals surface area contributed by atoms with Gasteiger partial charge >= 0.3 is 0 Å². The van der Waals surface area contributed by atoms with Gasteiger partial charge in [-0.1, -0.05) is 0 Å². The van der Waals surface area contributed by atoms with Crippen molar-refractivity contribution in [3.63, 3.8) is 0 Å². The highest BCUT2D eigenvalue weighted by Crippen LogP contribution is 2.25. The predicted octanol–water partition coefficient (Wildman–Crippen LogP) is 2.77. The molecule has 74 valence electrons. The molecule has 0 N–H and O–H groups in total. The van der Waals surface area contributed by atoms with Crippen molar-refractivity contribution in [2.75, 3.05) is 0 Å². The van der Waals surface area contributed by atoms with Crippen LogP contribution in [0.25, 0.3) is 0 Å². The first-order chi connectivity index (χ1) is 6.61. The van der Waals surface area contributed by atoms with Gasteiger partial charge in [0, 0.05) is 6.20 Å². The van der Waals surface area contributed by atoms with Crippen molar-refractivity contribution in [3.05, 3.63) is 28.8 Å². The van der Waals surface area contributed by atoms with Gasteiger partial charge in [-0.3, -0.25) is 4.98 Å². The third kappa shape index (κ3) is 1.80. The van der Waals surface area contributed by atoms with E-state index in [9.17, 15) is 13.2 Å². The van der Waals surface area contributed by atoms with Crippen molar-refractivity contribution in [2.24, 2.45) is 0 Å². The van der Waals surface area contributed by atoms with Gasteiger partial charge in [0.1, 0.15) is 11.6 Å². The van der Waals surface area contributed by atoms with Crippen LogP contribution in [0.5, 0.6) is 0 Å². The zero-order valence-electron chi connectivity index (χ0n) is 6.77. The third-order valence-corrected chi connectivity index (χ3v) is 1.85. The van der Waals surface area contributed by atoms with Gasteiger partial charge in [-0.15, -0.1) is 11.6 Å². The van der Waals surface area contributed by atoms with Gasteiger partial charge in [-0.2, -0.15) is 5.26 Å². The molecule has 0 unspecified atom stereocenters. The van der Waals surface area contributed by atoms with Crippen molar-refractivity contribution >= 4 is 11.6 Å². The third-order valence-electron chi connectivity index (χ3n) is 1.59. The van der Waals surface area contributed by atoms with Crippen LogP contribution in [0, 0.1) is 17.1 Å². The Morgan fingerprint density at radius 1 is 1.57 bits per heavy atom. The number of halogens is 4. The summed E-state index contributed by atoms with van der Waals surface area (Å²) in [5.74, 6) is -1.33. The van der Waals surface area contributed by atoms with Gasteiger partial charge in [0.15, 0.2) is 5.82 Å². The number of hydrogen-bond donors (Lipinski definition) is 0. The van der Waals surface area contributed by atoms with Crippen molar-refractivity contribution in [3.8, 4) is 6.07 Å². The normalized spacial score (nSPS) is 10.3. The maximum Gasteiger partial charge on any atom is 0.266 e. The lowest BCUT2D eigenvalue weighted by Gasteiger charge is -2.05. The summed E-state index contributed by atoms with van der Waals surface area (Å²) in [6.45, 7) is 0. The van der Waals surface area contributed by atoms with Crippen LogP contribution in [0.3, 0.4) is 0 Å². The van der Waals surface area contributed by atoms with E-state index < -0.39 is 23.4 Å². The molecule has 0 spiro atoms. The molecule has 0 aliphatic rings. The van der Waals surface area contributed by atoms with Crippen LogP contribution in [0.1, 0.15) is 23.2 Å². The van der Waals surface area contributed by atoms with Crippen LogP contribution in [0.15, 0.2) is 6.20 Å². The first-order valence-electron chi connectivity index (χ1n) is 3.53. The molecule has 0 atom stereocenters. The van der Waals surface area contributed by atoms with Crippen molar-refractivity contribution in [2.45, 2.75) is 12.3 Å². The van der Waals surface area contributed by atoms with E-state index in [1.54, 1.807) is 0 Å². The quantitative estimate of drug-likeness (QED) is 0.719. The Morgan fingerprint density at radius 3 is 2.64 bits per heavy atom. The number of nitrogens with zero attached hydrogens (tertiary/aromatic N) is 2. The number of alkyl halides is 3. The first-order valence-corrected chi connectivity index (χ1v) is 4.06. The molecule has 1 aromatic heterocycles. The van der Waals surface area contributed by atoms with E-state index >= 15 is 0 Å². The van der Waals surface area contributed by atoms with E-state index in [0.29, 0.717) is 0 Å². The minimum absolute atomic E-state index is 0.201. The number of hydrogen-bond acceptors (Lipinski definition) is 2. The highest BCUT2D eigenvalue weighted by Gasteiger charge is 2.19. The summed E-state index contributed by atoms with van der Waals surface area (Å²) in [5.41, 5.74) is -1.60. The second-order valence-corrected chi connectivity index (χ2v) is 2.66. The zero-order chi connectivity index (χ0) is 10.7. The van der Waals surface area contributed by atoms with E-state index in [4.69, 9.17) is 16.9 Å². The fraction of sp³-hybridized carbons (Fsp3) is 0.250. The van der Waals surface area contributed by atoms with E-state index in [2.05, 4.69) is 4.98 Å². The number of aromatic nitrogens is 1. The van der Waals surface area contributed by atoms with Gasteiger partial charge in [-0.05, 0) is 0 Å². The van der Waals surface area contributed by atoms with E-state index in [1.807, 2.05) is 0 Å². The number of nitriles is 1. The Labute approximate surface area is 82.9 Å². The molecule has 0 aliphatic heterocycles. The molecule has 0 bridgehead atoms. The SMILES string of the molecule is N#Cc1c(C(F)F)cnc(CCl)c1F. The van der Waals surface area contributed by atoms with Crippen molar-refractivity contribution in [1.29, 1.82) is 5.26 Å². The Kier molecular flexibility index (Phi) is 3.31. The minimum atomic E-state index is -2.92. The Bertz CT molecular complexity index is 387. The Morgan fingerprint density at radius 2 is 2.21 bits per heavy atom. The molecule has 0 aromatic carbocycles. The lowest BCUT2D eigenvalue weighted by molar-refractivity contribution is 0.150. The zero-order valence-corrected chi connectivity index (χ0v) is 7.52. The molecule has 0 saturated heterocycles. The summed E-state index contributed by atoms with van der Waals surface area (Å²) < 4.78 is 37.7. The fourth-order valence-corrected chi connectivity index (χ4v) is 1.10. The second-order valence-electron chi connectivity index (χ2n) is 2.40. The maximum absolute atomic E-state index is 13.2. The van der Waals surface area contributed by atoms with Gasteiger partial charge < -0.3 is 0 Å². The lowest BCUT2D eigenvalue weighted by Crippen LogP contribution is -2.01. The van der Waals surface area contributed by atoms with Gasteiger partial charge in [0.05, 0.1) is 17.1 Å². The van der Waals surface area contributed by atoms with Crippen molar-refractivity contribution < 1.29 is 13.2 Å². The molecule has 0 fully saturated rings. The van der Waals surface area contributed by atoms with Crippen molar-refractivity contribution in [1.82, 2.24) is 4.98 Å². The van der Waals surface area contributed by atoms with Gasteiger partial charge in [0.2, 0.25) is 0 Å². The Balaban J connectivity index is 3.38. The molecule has 14 heavy (non-hydrogen) atoms. The van der Waals surface area contributed by atoms with Crippen LogP contribution in [-0.4, -0.2) is 4.98 Å². The molecule has 1 heterocycles. The second kappa shape index (κ2) is 4.29. The predicted molar refractivity (Wildman–Crippen MR) is 43.4 cm³/mol. The van der Waals surface area contributed by atoms with E-state index in [-0.39, 0.29) is 11.6 Å². The summed E-state index contributed by atoms with van der Waals surface area (Å²) in [4.78, 5) is 3.39. The minimum Gasteiger partial charge on any atom is -0.256 e. The summed E-state index contributed by atoms with van der Waals surface area (Å²) in [6, 6.07) is 1.37. The topological polar surface area (TPSA) is 36.7 Å². The maximum atomic E-state index is 13.2. The summed E-state index contributed by atoms with van der Waals surface area (Å²) in [7, 11) is 0. The van der Waals surface area contributed by atoms with Crippen LogP contribution in [0.4, 0.5) is 13.2 Å². The molecule has 6 heteroatoms. The summed E-state index contributed by atoms with van der Waals surface area (Å²) in [6.07, 6.45) is -2.15. The fourth-order valence-electron chi connectivity index (χ4n) is 0.912. The molecular weight excluding hydrogens is 217 g/mol. The van der Waals surface area contributed by atoms with Crippen LogP contribution in [-0.2, 0) is 5.88 Å². The lowest BCUT2D eigenvalue weighted by atomic mass is 10.1. The highest BCUT2D eigenvalue weighted by atomic mass is 35.5. The molecule has 1 rings (SSSR count). The summed E-state index contributed by atoms with van der Waals surface area (Å²) >= 11 is 5.29. The average Bonchev–Trinajstić information content (AvgIpc) is 2.17. The van der Waals surface area contributed by atoms with E-state index in [1.165, 1.54) is 6.07 Å². The summed E-state index contributed by atoms with van der Waals surface area (Å²) in [5, 5.41) is 8.47. The molecule has 2 nitrogen and oxygen atoms in total. The Hall–Kier alpha value is -1.28. The first kappa shape index (κ1) is 10.8. The molecule has 1 aromatic rings. The molecule has 0 radical (unpaired) electrons. The highest BCUT2D eigenvalue weighted by molar-refractivity contribution is 6.16. The van der Waals surface area contributed by atoms with Crippen LogP contribution >= 0.6 is 11.6 Å². The van der Waals surface area contributed by atoms with Crippen LogP contribution in [0.2, 0.25) is 0 Å². The molecular formula is C8H4ClF3N2. The molecule has 0 aliphatic carbocycles. The van der Waals surface area contributed by atoms with Gasteiger partial charge in [-0.25, -0.2) is 13.2 Å². The van der Waals surface area contributed by atoms with Gasteiger partial charge in [0.25, 0.3) is 6.43 Å². The largest absolute Gasteiger partial charge is 0.266 e. The molecule has 0 saturated carbocycles. The molecule has 0 amide bonds. The monoisotopic (exact) mass is 220 g/mol. The van der Waals surface area contributed by atoms with E-state index in [0.717, 1.165) is 6.20 Å².